The van der Waals surface area contributed by atoms with Crippen molar-refractivity contribution in [1.82, 2.24) is 9.97 Å². The molecule has 0 saturated carbocycles. The number of hydrogen-bond acceptors (Lipinski definition) is 3. The summed E-state index contributed by atoms with van der Waals surface area (Å²) in [5, 5.41) is 0. The van der Waals surface area contributed by atoms with Crippen LogP contribution in [0.15, 0.2) is 12.4 Å². The van der Waals surface area contributed by atoms with Gasteiger partial charge in [0.1, 0.15) is 0 Å². The van der Waals surface area contributed by atoms with Gasteiger partial charge >= 0.3 is 0 Å². The van der Waals surface area contributed by atoms with E-state index in [1.54, 1.807) is 12.4 Å². The van der Waals surface area contributed by atoms with Crippen LogP contribution in [0.4, 0.5) is 5.95 Å². The van der Waals surface area contributed by atoms with Crippen LogP contribution in [0.25, 0.3) is 0 Å². The quantitative estimate of drug-likeness (QED) is 0.548. The van der Waals surface area contributed by atoms with Gasteiger partial charge in [0.25, 0.3) is 0 Å². The minimum atomic E-state index is 0.291. The molecule has 0 aromatic carbocycles. The highest BCUT2D eigenvalue weighted by Gasteiger charge is 1.87. The lowest BCUT2D eigenvalue weighted by Crippen LogP contribution is -1.93. The summed E-state index contributed by atoms with van der Waals surface area (Å²) >= 11 is 0. The number of rotatable bonds is 2. The van der Waals surface area contributed by atoms with E-state index in [0.717, 1.165) is 18.4 Å². The molecular formula is C10H13N3. The highest BCUT2D eigenvalue weighted by molar-refractivity contribution is 5.31. The van der Waals surface area contributed by atoms with Gasteiger partial charge in [-0.2, -0.15) is 0 Å². The van der Waals surface area contributed by atoms with E-state index in [-0.39, 0.29) is 0 Å². The fourth-order valence-electron chi connectivity index (χ4n) is 0.832. The van der Waals surface area contributed by atoms with Crippen LogP contribution < -0.4 is 5.73 Å². The topological polar surface area (TPSA) is 51.8 Å². The van der Waals surface area contributed by atoms with E-state index in [2.05, 4.69) is 28.7 Å². The third-order valence-corrected chi connectivity index (χ3v) is 1.56. The lowest BCUT2D eigenvalue weighted by atomic mass is 10.2. The molecule has 1 aromatic rings. The van der Waals surface area contributed by atoms with Gasteiger partial charge in [-0.05, 0) is 6.42 Å². The van der Waals surface area contributed by atoms with Crippen molar-refractivity contribution in [2.45, 2.75) is 26.2 Å². The standard InChI is InChI=1S/C10H13N3/c1-2-3-4-5-6-9-7-12-10(11)13-8-9/h7-8H,2-4H2,1H3,(H2,11,12,13). The van der Waals surface area contributed by atoms with Crippen LogP contribution >= 0.6 is 0 Å². The van der Waals surface area contributed by atoms with E-state index in [9.17, 15) is 0 Å². The Morgan fingerprint density at radius 2 is 2.08 bits per heavy atom. The molecule has 0 aliphatic rings. The third kappa shape index (κ3) is 3.57. The Morgan fingerprint density at radius 3 is 2.69 bits per heavy atom. The molecule has 0 spiro atoms. The van der Waals surface area contributed by atoms with Gasteiger partial charge in [0, 0.05) is 18.8 Å². The lowest BCUT2D eigenvalue weighted by molar-refractivity contribution is 0.828. The Labute approximate surface area is 78.4 Å². The van der Waals surface area contributed by atoms with Crippen molar-refractivity contribution in [3.63, 3.8) is 0 Å². The number of unbranched alkanes of at least 4 members (excludes halogenated alkanes) is 2. The van der Waals surface area contributed by atoms with Crippen molar-refractivity contribution in [2.24, 2.45) is 0 Å². The predicted molar refractivity (Wildman–Crippen MR) is 52.8 cm³/mol. The summed E-state index contributed by atoms with van der Waals surface area (Å²) in [6.07, 6.45) is 6.53. The molecule has 3 heteroatoms. The highest BCUT2D eigenvalue weighted by Crippen LogP contribution is 1.95. The number of nitrogen functional groups attached to an aromatic ring is 1. The van der Waals surface area contributed by atoms with Gasteiger partial charge in [-0.15, -0.1) is 0 Å². The van der Waals surface area contributed by atoms with E-state index in [0.29, 0.717) is 5.95 Å². The molecule has 0 amide bonds. The van der Waals surface area contributed by atoms with Crippen LogP contribution in [0.5, 0.6) is 0 Å². The van der Waals surface area contributed by atoms with E-state index in [1.165, 1.54) is 6.42 Å². The molecule has 0 fully saturated rings. The average Bonchev–Trinajstić information content (AvgIpc) is 2.15. The van der Waals surface area contributed by atoms with Crippen LogP contribution in [0.2, 0.25) is 0 Å². The number of nitrogens with two attached hydrogens (primary N) is 1. The summed E-state index contributed by atoms with van der Waals surface area (Å²) in [4.78, 5) is 7.68. The molecule has 0 aliphatic heterocycles. The van der Waals surface area contributed by atoms with E-state index >= 15 is 0 Å². The summed E-state index contributed by atoms with van der Waals surface area (Å²) in [6.45, 7) is 2.15. The van der Waals surface area contributed by atoms with Gasteiger partial charge in [-0.3, -0.25) is 0 Å². The van der Waals surface area contributed by atoms with Gasteiger partial charge in [0.2, 0.25) is 5.95 Å². The summed E-state index contributed by atoms with van der Waals surface area (Å²) in [5.74, 6) is 6.32. The third-order valence-electron chi connectivity index (χ3n) is 1.56. The van der Waals surface area contributed by atoms with Crippen molar-refractivity contribution in [2.75, 3.05) is 5.73 Å². The minimum Gasteiger partial charge on any atom is -0.368 e. The summed E-state index contributed by atoms with van der Waals surface area (Å²) < 4.78 is 0. The summed E-state index contributed by atoms with van der Waals surface area (Å²) in [5.41, 5.74) is 6.16. The van der Waals surface area contributed by atoms with Gasteiger partial charge < -0.3 is 5.73 Å². The molecule has 0 saturated heterocycles. The molecular weight excluding hydrogens is 162 g/mol. The maximum atomic E-state index is 5.33. The zero-order chi connectivity index (χ0) is 9.52. The molecule has 3 nitrogen and oxygen atoms in total. The van der Waals surface area contributed by atoms with Crippen LogP contribution in [0.3, 0.4) is 0 Å². The van der Waals surface area contributed by atoms with Crippen molar-refractivity contribution < 1.29 is 0 Å². The molecule has 0 aliphatic carbocycles. The zero-order valence-electron chi connectivity index (χ0n) is 7.75. The van der Waals surface area contributed by atoms with Crippen molar-refractivity contribution in [3.8, 4) is 11.8 Å². The van der Waals surface area contributed by atoms with Crippen molar-refractivity contribution >= 4 is 5.95 Å². The first-order valence-corrected chi connectivity index (χ1v) is 4.39. The fraction of sp³-hybridized carbons (Fsp3) is 0.400. The van der Waals surface area contributed by atoms with Gasteiger partial charge in [-0.25, -0.2) is 9.97 Å². The Morgan fingerprint density at radius 1 is 1.38 bits per heavy atom. The van der Waals surface area contributed by atoms with Gasteiger partial charge in [0.05, 0.1) is 5.56 Å². The molecule has 0 atom stereocenters. The van der Waals surface area contributed by atoms with E-state index < -0.39 is 0 Å². The fourth-order valence-corrected chi connectivity index (χ4v) is 0.832. The number of hydrogen-bond donors (Lipinski definition) is 1. The first-order chi connectivity index (χ1) is 6.33. The minimum absolute atomic E-state index is 0.291. The van der Waals surface area contributed by atoms with Crippen LogP contribution in [0.1, 0.15) is 31.7 Å². The van der Waals surface area contributed by atoms with Crippen LogP contribution in [0, 0.1) is 11.8 Å². The first-order valence-electron chi connectivity index (χ1n) is 4.39. The summed E-state index contributed by atoms with van der Waals surface area (Å²) in [7, 11) is 0. The maximum absolute atomic E-state index is 5.33. The van der Waals surface area contributed by atoms with E-state index in [4.69, 9.17) is 5.73 Å². The number of aromatic nitrogens is 2. The Hall–Kier alpha value is -1.56. The zero-order valence-corrected chi connectivity index (χ0v) is 7.75. The normalized spacial score (nSPS) is 9.00. The number of nitrogens with zero attached hydrogens (tertiary/aromatic N) is 2. The second-order valence-electron chi connectivity index (χ2n) is 2.74. The first kappa shape index (κ1) is 9.53. The molecule has 1 aromatic heterocycles. The Balaban J connectivity index is 2.52. The van der Waals surface area contributed by atoms with E-state index in [1.807, 2.05) is 0 Å². The van der Waals surface area contributed by atoms with Crippen molar-refractivity contribution in [1.29, 1.82) is 0 Å². The smallest absolute Gasteiger partial charge is 0.219 e. The lowest BCUT2D eigenvalue weighted by Gasteiger charge is -1.89. The molecule has 0 bridgehead atoms. The van der Waals surface area contributed by atoms with Gasteiger partial charge in [-0.1, -0.05) is 25.2 Å². The van der Waals surface area contributed by atoms with Gasteiger partial charge in [0.15, 0.2) is 0 Å². The SMILES string of the molecule is CCCCC#Cc1cnc(N)nc1. The Bertz CT molecular complexity index is 305. The Kier molecular flexibility index (Phi) is 3.77. The van der Waals surface area contributed by atoms with Crippen molar-refractivity contribution in [3.05, 3.63) is 18.0 Å². The molecule has 1 rings (SSSR count). The maximum Gasteiger partial charge on any atom is 0.219 e. The number of anilines is 1. The molecule has 0 unspecified atom stereocenters. The second kappa shape index (κ2) is 5.15. The molecule has 1 heterocycles. The average molecular weight is 175 g/mol. The molecule has 0 radical (unpaired) electrons. The largest absolute Gasteiger partial charge is 0.368 e. The predicted octanol–water partition coefficient (Wildman–Crippen LogP) is 1.60. The highest BCUT2D eigenvalue weighted by atomic mass is 15.0. The van der Waals surface area contributed by atoms with Crippen LogP contribution in [-0.4, -0.2) is 9.97 Å². The molecule has 68 valence electrons. The van der Waals surface area contributed by atoms with Crippen LogP contribution in [-0.2, 0) is 0 Å². The monoisotopic (exact) mass is 175 g/mol. The molecule has 13 heavy (non-hydrogen) atoms. The second-order valence-corrected chi connectivity index (χ2v) is 2.74. The molecule has 2 N–H and O–H groups in total. The summed E-state index contributed by atoms with van der Waals surface area (Å²) in [6, 6.07) is 0.